The monoisotopic (exact) mass is 409 g/mol. The van der Waals surface area contributed by atoms with Crippen molar-refractivity contribution in [1.82, 2.24) is 9.97 Å². The number of hydrogen-bond acceptors (Lipinski definition) is 5. The Kier molecular flexibility index (Phi) is 4.77. The van der Waals surface area contributed by atoms with Crippen LogP contribution in [0.5, 0.6) is 0 Å². The summed E-state index contributed by atoms with van der Waals surface area (Å²) in [4.78, 5) is 30.9. The minimum Gasteiger partial charge on any atom is -0.305 e. The summed E-state index contributed by atoms with van der Waals surface area (Å²) in [6.45, 7) is 0. The summed E-state index contributed by atoms with van der Waals surface area (Å²) in [6, 6.07) is 15.7. The van der Waals surface area contributed by atoms with Crippen LogP contribution in [0.25, 0.3) is 32.5 Å². The molecule has 0 amide bonds. The second-order valence-corrected chi connectivity index (χ2v) is 7.22. The molecule has 2 aromatic carbocycles. The molecular weight excluding hydrogens is 398 g/mol. The molecule has 0 aliphatic heterocycles. The molecule has 0 saturated carbocycles. The third kappa shape index (κ3) is 3.45. The predicted octanol–water partition coefficient (Wildman–Crippen LogP) is 5.30. The highest BCUT2D eigenvalue weighted by atomic mass is 35.5. The summed E-state index contributed by atoms with van der Waals surface area (Å²) in [7, 11) is 0. The van der Waals surface area contributed by atoms with Gasteiger partial charge in [0, 0.05) is 23.1 Å². The summed E-state index contributed by atoms with van der Waals surface area (Å²) in [5.74, 6) is 0.215. The van der Waals surface area contributed by atoms with E-state index in [4.69, 9.17) is 11.6 Å². The van der Waals surface area contributed by atoms with Gasteiger partial charge in [0.1, 0.15) is 4.83 Å². The first-order chi connectivity index (χ1) is 13.5. The van der Waals surface area contributed by atoms with Crippen molar-refractivity contribution in [2.75, 3.05) is 0 Å². The van der Waals surface area contributed by atoms with E-state index in [0.717, 1.165) is 11.1 Å². The van der Waals surface area contributed by atoms with Crippen LogP contribution in [0.2, 0.25) is 0 Å². The number of aromatic amines is 1. The first kappa shape index (κ1) is 18.1. The zero-order valence-electron chi connectivity index (χ0n) is 14.3. The van der Waals surface area contributed by atoms with Gasteiger partial charge < -0.3 is 4.98 Å². The number of nitro groups is 1. The molecule has 0 bridgehead atoms. The molecule has 0 fully saturated rings. The number of nitro benzene ring substituents is 1. The molecule has 4 aromatic rings. The van der Waals surface area contributed by atoms with Crippen LogP contribution in [0.3, 0.4) is 0 Å². The highest BCUT2D eigenvalue weighted by molar-refractivity contribution is 7.17. The third-order valence-corrected chi connectivity index (χ3v) is 5.29. The summed E-state index contributed by atoms with van der Waals surface area (Å²) in [5, 5.41) is 13.5. The number of benzene rings is 2. The van der Waals surface area contributed by atoms with Crippen molar-refractivity contribution in [2.24, 2.45) is 0 Å². The average molecular weight is 410 g/mol. The number of rotatable bonds is 4. The van der Waals surface area contributed by atoms with E-state index >= 15 is 0 Å². The van der Waals surface area contributed by atoms with Crippen molar-refractivity contribution in [1.29, 1.82) is 0 Å². The molecule has 1 N–H and O–H groups in total. The molecule has 6 nitrogen and oxygen atoms in total. The summed E-state index contributed by atoms with van der Waals surface area (Å²) >= 11 is 7.69. The summed E-state index contributed by atoms with van der Waals surface area (Å²) < 4.78 is 0. The number of nitrogens with zero attached hydrogens (tertiary/aromatic N) is 2. The van der Waals surface area contributed by atoms with Crippen molar-refractivity contribution in [2.45, 2.75) is 0 Å². The van der Waals surface area contributed by atoms with Gasteiger partial charge in [-0.2, -0.15) is 0 Å². The molecule has 0 aliphatic carbocycles. The zero-order chi connectivity index (χ0) is 19.7. The van der Waals surface area contributed by atoms with E-state index in [1.807, 2.05) is 35.7 Å². The van der Waals surface area contributed by atoms with Crippen LogP contribution in [0.4, 0.5) is 5.69 Å². The van der Waals surface area contributed by atoms with Crippen molar-refractivity contribution < 1.29 is 4.92 Å². The maximum atomic E-state index is 12.7. The molecule has 8 heteroatoms. The Balaban J connectivity index is 1.77. The van der Waals surface area contributed by atoms with Gasteiger partial charge in [-0.05, 0) is 17.2 Å². The Labute approximate surface area is 167 Å². The molecule has 4 rings (SSSR count). The van der Waals surface area contributed by atoms with Gasteiger partial charge in [0.25, 0.3) is 11.2 Å². The van der Waals surface area contributed by atoms with Gasteiger partial charge in [0.05, 0.1) is 15.3 Å². The summed E-state index contributed by atoms with van der Waals surface area (Å²) in [6.07, 6.45) is 1.53. The van der Waals surface area contributed by atoms with Gasteiger partial charge in [-0.1, -0.05) is 54.1 Å². The number of thiophene rings is 1. The largest absolute Gasteiger partial charge is 0.305 e. The SMILES string of the molecule is O=c1[nH]c(/C(Cl)=C/c2cccc([N+](=O)[O-])c2)nc2scc(-c3ccccc3)c12. The minimum atomic E-state index is -0.478. The van der Waals surface area contributed by atoms with Gasteiger partial charge >= 0.3 is 0 Å². The number of hydrogen-bond donors (Lipinski definition) is 1. The van der Waals surface area contributed by atoms with Crippen molar-refractivity contribution >= 4 is 50.0 Å². The Morgan fingerprint density at radius 1 is 1.18 bits per heavy atom. The molecule has 2 heterocycles. The fourth-order valence-electron chi connectivity index (χ4n) is 2.84. The Morgan fingerprint density at radius 2 is 1.96 bits per heavy atom. The van der Waals surface area contributed by atoms with Crippen LogP contribution in [0, 0.1) is 10.1 Å². The summed E-state index contributed by atoms with van der Waals surface area (Å²) in [5.41, 5.74) is 1.97. The molecule has 0 saturated heterocycles. The zero-order valence-corrected chi connectivity index (χ0v) is 15.8. The van der Waals surface area contributed by atoms with Crippen LogP contribution in [-0.2, 0) is 0 Å². The Morgan fingerprint density at radius 3 is 2.71 bits per heavy atom. The van der Waals surface area contributed by atoms with Crippen molar-refractivity contribution in [3.05, 3.63) is 91.8 Å². The van der Waals surface area contributed by atoms with E-state index in [1.165, 1.54) is 29.5 Å². The maximum Gasteiger partial charge on any atom is 0.270 e. The van der Waals surface area contributed by atoms with Gasteiger partial charge in [0.15, 0.2) is 5.82 Å². The standard InChI is InChI=1S/C20H12ClN3O3S/c21-16(10-12-5-4-8-14(9-12)24(26)27)18-22-19(25)17-15(11-28-20(17)23-18)13-6-2-1-3-7-13/h1-11H,(H,22,23,25)/b16-10-. The molecule has 2 aromatic heterocycles. The smallest absolute Gasteiger partial charge is 0.270 e. The number of fused-ring (bicyclic) bond motifs is 1. The number of halogens is 1. The van der Waals surface area contributed by atoms with Gasteiger partial charge in [-0.3, -0.25) is 14.9 Å². The molecular formula is C20H12ClN3O3S. The molecule has 0 aliphatic rings. The second kappa shape index (κ2) is 7.38. The third-order valence-electron chi connectivity index (χ3n) is 4.13. The predicted molar refractivity (Wildman–Crippen MR) is 112 cm³/mol. The molecule has 28 heavy (non-hydrogen) atoms. The lowest BCUT2D eigenvalue weighted by molar-refractivity contribution is -0.384. The fourth-order valence-corrected chi connectivity index (χ4v) is 4.00. The van der Waals surface area contributed by atoms with E-state index in [1.54, 1.807) is 12.1 Å². The first-order valence-electron chi connectivity index (χ1n) is 8.22. The first-order valence-corrected chi connectivity index (χ1v) is 9.47. The van der Waals surface area contributed by atoms with E-state index in [-0.39, 0.29) is 22.1 Å². The highest BCUT2D eigenvalue weighted by Crippen LogP contribution is 2.31. The average Bonchev–Trinajstić information content (AvgIpc) is 3.13. The molecule has 138 valence electrons. The fraction of sp³-hybridized carbons (Fsp3) is 0. The van der Waals surface area contributed by atoms with Crippen molar-refractivity contribution in [3.63, 3.8) is 0 Å². The van der Waals surface area contributed by atoms with Crippen LogP contribution < -0.4 is 5.56 Å². The van der Waals surface area contributed by atoms with Gasteiger partial charge in [-0.25, -0.2) is 4.98 Å². The normalized spacial score (nSPS) is 11.7. The number of H-pyrrole nitrogens is 1. The van der Waals surface area contributed by atoms with Gasteiger partial charge in [0.2, 0.25) is 0 Å². The number of non-ortho nitro benzene ring substituents is 1. The molecule has 0 radical (unpaired) electrons. The lowest BCUT2D eigenvalue weighted by atomic mass is 10.1. The lowest BCUT2D eigenvalue weighted by Gasteiger charge is -2.02. The molecule has 0 spiro atoms. The second-order valence-electron chi connectivity index (χ2n) is 5.95. The van der Waals surface area contributed by atoms with Crippen LogP contribution in [-0.4, -0.2) is 14.9 Å². The number of nitrogens with one attached hydrogen (secondary N) is 1. The Hall–Kier alpha value is -3.29. The highest BCUT2D eigenvalue weighted by Gasteiger charge is 2.14. The van der Waals surface area contributed by atoms with Crippen molar-refractivity contribution in [3.8, 4) is 11.1 Å². The number of aromatic nitrogens is 2. The van der Waals surface area contributed by atoms with Crippen LogP contribution in [0.1, 0.15) is 11.4 Å². The van der Waals surface area contributed by atoms with Crippen LogP contribution >= 0.6 is 22.9 Å². The van der Waals surface area contributed by atoms with E-state index in [0.29, 0.717) is 15.8 Å². The lowest BCUT2D eigenvalue weighted by Crippen LogP contribution is -2.10. The van der Waals surface area contributed by atoms with Crippen LogP contribution in [0.15, 0.2) is 64.8 Å². The van der Waals surface area contributed by atoms with E-state index in [2.05, 4.69) is 9.97 Å². The quantitative estimate of drug-likeness (QED) is 0.366. The van der Waals surface area contributed by atoms with E-state index < -0.39 is 4.92 Å². The molecule has 0 atom stereocenters. The minimum absolute atomic E-state index is 0.0409. The maximum absolute atomic E-state index is 12.7. The van der Waals surface area contributed by atoms with E-state index in [9.17, 15) is 14.9 Å². The Bertz CT molecular complexity index is 1280. The van der Waals surface area contributed by atoms with Gasteiger partial charge in [-0.15, -0.1) is 11.3 Å². The topological polar surface area (TPSA) is 88.9 Å². The molecule has 0 unspecified atom stereocenters.